The van der Waals surface area contributed by atoms with Gasteiger partial charge in [-0.2, -0.15) is 0 Å². The minimum absolute atomic E-state index is 0.177. The number of ether oxygens (including phenoxy) is 1. The molecule has 0 aliphatic carbocycles. The average Bonchev–Trinajstić information content (AvgIpc) is 2.65. The SMILES string of the molecule is Cc1ccc(C)c(N2CCN(C(=O)CCOc3ccccc3)CC2)c1. The Kier molecular flexibility index (Phi) is 5.59. The minimum Gasteiger partial charge on any atom is -0.493 e. The number of anilines is 1. The highest BCUT2D eigenvalue weighted by molar-refractivity contribution is 5.76. The van der Waals surface area contributed by atoms with Gasteiger partial charge >= 0.3 is 0 Å². The maximum Gasteiger partial charge on any atom is 0.226 e. The van der Waals surface area contributed by atoms with Gasteiger partial charge in [0, 0.05) is 31.9 Å². The number of nitrogens with zero attached hydrogens (tertiary/aromatic N) is 2. The Hall–Kier alpha value is -2.49. The fraction of sp³-hybridized carbons (Fsp3) is 0.381. The first kappa shape index (κ1) is 17.3. The van der Waals surface area contributed by atoms with Crippen molar-refractivity contribution in [3.8, 4) is 5.75 Å². The maximum absolute atomic E-state index is 12.4. The van der Waals surface area contributed by atoms with E-state index in [0.29, 0.717) is 13.0 Å². The molecule has 25 heavy (non-hydrogen) atoms. The van der Waals surface area contributed by atoms with Crippen molar-refractivity contribution < 1.29 is 9.53 Å². The number of para-hydroxylation sites is 1. The second-order valence-corrected chi connectivity index (χ2v) is 6.57. The number of carbonyl (C=O) groups is 1. The zero-order chi connectivity index (χ0) is 17.6. The largest absolute Gasteiger partial charge is 0.493 e. The van der Waals surface area contributed by atoms with E-state index in [2.05, 4.69) is 36.9 Å². The van der Waals surface area contributed by atoms with Crippen LogP contribution in [-0.4, -0.2) is 43.6 Å². The molecule has 2 aromatic carbocycles. The predicted octanol–water partition coefficient (Wildman–Crippen LogP) is 3.42. The van der Waals surface area contributed by atoms with E-state index in [0.717, 1.165) is 31.9 Å². The molecule has 0 radical (unpaired) electrons. The molecule has 1 heterocycles. The number of piperazine rings is 1. The van der Waals surface area contributed by atoms with Gasteiger partial charge in [0.25, 0.3) is 0 Å². The quantitative estimate of drug-likeness (QED) is 0.837. The topological polar surface area (TPSA) is 32.8 Å². The standard InChI is InChI=1S/C21H26N2O2/c1-17-8-9-18(2)20(16-17)22-11-13-23(14-12-22)21(24)10-15-25-19-6-4-3-5-7-19/h3-9,16H,10-15H2,1-2H3. The van der Waals surface area contributed by atoms with Crippen molar-refractivity contribution in [3.63, 3.8) is 0 Å². The van der Waals surface area contributed by atoms with Crippen LogP contribution in [0.3, 0.4) is 0 Å². The van der Waals surface area contributed by atoms with Gasteiger partial charge in [-0.05, 0) is 43.2 Å². The first-order valence-electron chi connectivity index (χ1n) is 8.91. The molecule has 2 aromatic rings. The summed E-state index contributed by atoms with van der Waals surface area (Å²) in [6, 6.07) is 16.2. The van der Waals surface area contributed by atoms with E-state index < -0.39 is 0 Å². The second-order valence-electron chi connectivity index (χ2n) is 6.57. The van der Waals surface area contributed by atoms with Crippen LogP contribution in [0.5, 0.6) is 5.75 Å². The molecule has 1 saturated heterocycles. The fourth-order valence-electron chi connectivity index (χ4n) is 3.19. The molecule has 1 amide bonds. The second kappa shape index (κ2) is 8.06. The summed E-state index contributed by atoms with van der Waals surface area (Å²) in [6.45, 7) is 8.02. The zero-order valence-corrected chi connectivity index (χ0v) is 15.1. The van der Waals surface area contributed by atoms with Crippen molar-refractivity contribution in [1.82, 2.24) is 4.90 Å². The average molecular weight is 338 g/mol. The Labute approximate surface area is 150 Å². The summed E-state index contributed by atoms with van der Waals surface area (Å²) in [5.74, 6) is 0.992. The highest BCUT2D eigenvalue weighted by Gasteiger charge is 2.22. The molecule has 1 fully saturated rings. The molecule has 0 saturated carbocycles. The summed E-state index contributed by atoms with van der Waals surface area (Å²) in [6.07, 6.45) is 0.429. The van der Waals surface area contributed by atoms with Crippen LogP contribution in [0.25, 0.3) is 0 Å². The highest BCUT2D eigenvalue weighted by atomic mass is 16.5. The van der Waals surface area contributed by atoms with Gasteiger partial charge in [0.2, 0.25) is 5.91 Å². The van der Waals surface area contributed by atoms with Crippen LogP contribution in [0.2, 0.25) is 0 Å². The normalized spacial score (nSPS) is 14.5. The lowest BCUT2D eigenvalue weighted by Crippen LogP contribution is -2.49. The van der Waals surface area contributed by atoms with Crippen LogP contribution < -0.4 is 9.64 Å². The lowest BCUT2D eigenvalue weighted by atomic mass is 10.1. The van der Waals surface area contributed by atoms with E-state index in [4.69, 9.17) is 4.74 Å². The Morgan fingerprint density at radius 1 is 1.00 bits per heavy atom. The summed E-state index contributed by atoms with van der Waals surface area (Å²) in [7, 11) is 0. The van der Waals surface area contributed by atoms with Gasteiger partial charge in [0.05, 0.1) is 13.0 Å². The third-order valence-corrected chi connectivity index (χ3v) is 4.67. The molecule has 0 aromatic heterocycles. The van der Waals surface area contributed by atoms with Gasteiger partial charge < -0.3 is 14.5 Å². The van der Waals surface area contributed by atoms with Crippen molar-refractivity contribution in [2.24, 2.45) is 0 Å². The molecule has 0 spiro atoms. The minimum atomic E-state index is 0.177. The van der Waals surface area contributed by atoms with Crippen molar-refractivity contribution in [3.05, 3.63) is 59.7 Å². The molecular formula is C21H26N2O2. The number of rotatable bonds is 5. The summed E-state index contributed by atoms with van der Waals surface area (Å²) in [5.41, 5.74) is 3.86. The number of hydrogen-bond acceptors (Lipinski definition) is 3. The molecule has 4 nitrogen and oxygen atoms in total. The van der Waals surface area contributed by atoms with E-state index >= 15 is 0 Å². The monoisotopic (exact) mass is 338 g/mol. The molecule has 3 rings (SSSR count). The molecule has 0 bridgehead atoms. The third-order valence-electron chi connectivity index (χ3n) is 4.67. The van der Waals surface area contributed by atoms with Gasteiger partial charge in [-0.3, -0.25) is 4.79 Å². The van der Waals surface area contributed by atoms with Crippen molar-refractivity contribution >= 4 is 11.6 Å². The van der Waals surface area contributed by atoms with Gasteiger partial charge in [-0.25, -0.2) is 0 Å². The van der Waals surface area contributed by atoms with Gasteiger partial charge in [-0.15, -0.1) is 0 Å². The van der Waals surface area contributed by atoms with E-state index in [1.54, 1.807) is 0 Å². The smallest absolute Gasteiger partial charge is 0.226 e. The summed E-state index contributed by atoms with van der Waals surface area (Å²) < 4.78 is 5.63. The first-order chi connectivity index (χ1) is 12.1. The molecule has 0 atom stereocenters. The lowest BCUT2D eigenvalue weighted by Gasteiger charge is -2.37. The summed E-state index contributed by atoms with van der Waals surface area (Å²) in [5, 5.41) is 0. The Bertz CT molecular complexity index is 707. The fourth-order valence-corrected chi connectivity index (χ4v) is 3.19. The van der Waals surface area contributed by atoms with Gasteiger partial charge in [-0.1, -0.05) is 30.3 Å². The van der Waals surface area contributed by atoms with Crippen molar-refractivity contribution in [2.75, 3.05) is 37.7 Å². The molecule has 1 aliphatic heterocycles. The third kappa shape index (κ3) is 4.53. The Morgan fingerprint density at radius 3 is 2.44 bits per heavy atom. The maximum atomic E-state index is 12.4. The molecule has 0 N–H and O–H groups in total. The van der Waals surface area contributed by atoms with Crippen LogP contribution in [0, 0.1) is 13.8 Å². The number of aryl methyl sites for hydroxylation is 2. The van der Waals surface area contributed by atoms with Crippen LogP contribution >= 0.6 is 0 Å². The van der Waals surface area contributed by atoms with E-state index in [9.17, 15) is 4.79 Å². The Morgan fingerprint density at radius 2 is 1.72 bits per heavy atom. The first-order valence-corrected chi connectivity index (χ1v) is 8.91. The van der Waals surface area contributed by atoms with Crippen molar-refractivity contribution in [1.29, 1.82) is 0 Å². The molecule has 132 valence electrons. The van der Waals surface area contributed by atoms with Crippen LogP contribution in [-0.2, 0) is 4.79 Å². The van der Waals surface area contributed by atoms with E-state index in [1.165, 1.54) is 16.8 Å². The summed E-state index contributed by atoms with van der Waals surface area (Å²) in [4.78, 5) is 16.7. The predicted molar refractivity (Wildman–Crippen MR) is 101 cm³/mol. The number of amides is 1. The molecule has 4 heteroatoms. The molecule has 1 aliphatic rings. The lowest BCUT2D eigenvalue weighted by molar-refractivity contribution is -0.132. The number of benzene rings is 2. The van der Waals surface area contributed by atoms with E-state index in [-0.39, 0.29) is 5.91 Å². The molecule has 0 unspecified atom stereocenters. The van der Waals surface area contributed by atoms with Gasteiger partial charge in [0.1, 0.15) is 5.75 Å². The summed E-state index contributed by atoms with van der Waals surface area (Å²) >= 11 is 0. The highest BCUT2D eigenvalue weighted by Crippen LogP contribution is 2.23. The number of carbonyl (C=O) groups excluding carboxylic acids is 1. The number of hydrogen-bond donors (Lipinski definition) is 0. The van der Waals surface area contributed by atoms with Crippen LogP contribution in [0.4, 0.5) is 5.69 Å². The zero-order valence-electron chi connectivity index (χ0n) is 15.1. The van der Waals surface area contributed by atoms with Crippen LogP contribution in [0.1, 0.15) is 17.5 Å². The van der Waals surface area contributed by atoms with Crippen molar-refractivity contribution in [2.45, 2.75) is 20.3 Å². The van der Waals surface area contributed by atoms with Gasteiger partial charge in [0.15, 0.2) is 0 Å². The van der Waals surface area contributed by atoms with E-state index in [1.807, 2.05) is 35.2 Å². The molecular weight excluding hydrogens is 312 g/mol. The Balaban J connectivity index is 1.47. The van der Waals surface area contributed by atoms with Crippen LogP contribution in [0.15, 0.2) is 48.5 Å².